The van der Waals surface area contributed by atoms with Crippen LogP contribution in [0, 0.1) is 5.41 Å². The first kappa shape index (κ1) is 10.4. The van der Waals surface area contributed by atoms with Gasteiger partial charge in [-0.2, -0.15) is 0 Å². The second-order valence-corrected chi connectivity index (χ2v) is 5.86. The van der Waals surface area contributed by atoms with Crippen molar-refractivity contribution in [2.24, 2.45) is 11.1 Å². The lowest BCUT2D eigenvalue weighted by Crippen LogP contribution is -2.57. The molecule has 1 aliphatic heterocycles. The van der Waals surface area contributed by atoms with Gasteiger partial charge in [0, 0.05) is 12.6 Å². The van der Waals surface area contributed by atoms with Crippen molar-refractivity contribution in [2.75, 3.05) is 6.61 Å². The maximum Gasteiger partial charge on any atom is 0.0837 e. The fourth-order valence-corrected chi connectivity index (χ4v) is 3.14. The summed E-state index contributed by atoms with van der Waals surface area (Å²) in [5.74, 6) is 0. The third-order valence-corrected chi connectivity index (χ3v) is 3.97. The summed E-state index contributed by atoms with van der Waals surface area (Å²) in [6.45, 7) is 5.61. The Morgan fingerprint density at radius 1 is 1.21 bits per heavy atom. The predicted molar refractivity (Wildman–Crippen MR) is 58.1 cm³/mol. The van der Waals surface area contributed by atoms with Crippen LogP contribution in [0.3, 0.4) is 0 Å². The van der Waals surface area contributed by atoms with Crippen LogP contribution >= 0.6 is 0 Å². The zero-order valence-electron chi connectivity index (χ0n) is 9.51. The summed E-state index contributed by atoms with van der Waals surface area (Å²) in [5.41, 5.74) is 6.69. The van der Waals surface area contributed by atoms with Gasteiger partial charge in [0.2, 0.25) is 0 Å². The molecule has 0 radical (unpaired) electrons. The normalized spacial score (nSPS) is 42.6. The largest absolute Gasteiger partial charge is 0.373 e. The average Bonchev–Trinajstić information content (AvgIpc) is 2.13. The molecule has 0 aromatic carbocycles. The molecule has 2 nitrogen and oxygen atoms in total. The molecule has 0 aromatic rings. The molecule has 1 saturated carbocycles. The topological polar surface area (TPSA) is 35.2 Å². The summed E-state index contributed by atoms with van der Waals surface area (Å²) < 4.78 is 6.03. The van der Waals surface area contributed by atoms with E-state index in [0.29, 0.717) is 5.41 Å². The molecule has 2 N–H and O–H groups in total. The van der Waals surface area contributed by atoms with E-state index in [1.165, 1.54) is 25.7 Å². The Hall–Kier alpha value is -0.0800. The van der Waals surface area contributed by atoms with Crippen LogP contribution in [-0.4, -0.2) is 18.2 Å². The van der Waals surface area contributed by atoms with Crippen LogP contribution < -0.4 is 5.73 Å². The zero-order valence-corrected chi connectivity index (χ0v) is 9.51. The Balaban J connectivity index is 2.13. The predicted octanol–water partition coefficient (Wildman–Crippen LogP) is 2.46. The van der Waals surface area contributed by atoms with Crippen LogP contribution in [0.4, 0.5) is 0 Å². The highest BCUT2D eigenvalue weighted by Crippen LogP contribution is 2.46. The van der Waals surface area contributed by atoms with E-state index in [9.17, 15) is 0 Å². The average molecular weight is 197 g/mol. The summed E-state index contributed by atoms with van der Waals surface area (Å²) in [6, 6.07) is 0.274. The van der Waals surface area contributed by atoms with E-state index in [2.05, 4.69) is 13.8 Å². The number of hydrogen-bond acceptors (Lipinski definition) is 2. The van der Waals surface area contributed by atoms with Crippen LogP contribution in [0.25, 0.3) is 0 Å². The SMILES string of the molecule is CC1(C)CCC(N)C2(CCCCO2)C1. The first-order chi connectivity index (χ1) is 6.54. The molecule has 0 amide bonds. The summed E-state index contributed by atoms with van der Waals surface area (Å²) in [5, 5.41) is 0. The van der Waals surface area contributed by atoms with Crippen LogP contribution in [0.2, 0.25) is 0 Å². The van der Waals surface area contributed by atoms with E-state index in [-0.39, 0.29) is 11.6 Å². The third-order valence-electron chi connectivity index (χ3n) is 3.97. The number of nitrogens with two attached hydrogens (primary N) is 1. The molecule has 2 fully saturated rings. The minimum absolute atomic E-state index is 0.0278. The van der Waals surface area contributed by atoms with Gasteiger partial charge in [-0.1, -0.05) is 13.8 Å². The molecule has 14 heavy (non-hydrogen) atoms. The quantitative estimate of drug-likeness (QED) is 0.647. The van der Waals surface area contributed by atoms with Gasteiger partial charge in [0.1, 0.15) is 0 Å². The first-order valence-corrected chi connectivity index (χ1v) is 5.94. The van der Waals surface area contributed by atoms with Crippen LogP contribution in [0.15, 0.2) is 0 Å². The van der Waals surface area contributed by atoms with Crippen LogP contribution in [-0.2, 0) is 4.74 Å². The molecule has 2 heteroatoms. The second kappa shape index (κ2) is 3.49. The van der Waals surface area contributed by atoms with Gasteiger partial charge in [0.15, 0.2) is 0 Å². The molecule has 1 saturated heterocycles. The Morgan fingerprint density at radius 3 is 2.64 bits per heavy atom. The van der Waals surface area contributed by atoms with Gasteiger partial charge >= 0.3 is 0 Å². The molecule has 1 heterocycles. The minimum atomic E-state index is 0.0278. The molecule has 0 bridgehead atoms. The first-order valence-electron chi connectivity index (χ1n) is 5.94. The highest BCUT2D eigenvalue weighted by Gasteiger charge is 2.46. The van der Waals surface area contributed by atoms with E-state index in [1.807, 2.05) is 0 Å². The van der Waals surface area contributed by atoms with Crippen molar-refractivity contribution in [3.63, 3.8) is 0 Å². The van der Waals surface area contributed by atoms with Gasteiger partial charge in [-0.05, 0) is 43.9 Å². The summed E-state index contributed by atoms with van der Waals surface area (Å²) in [7, 11) is 0. The standard InChI is InChI=1S/C12H23NO/c1-11(2)7-5-10(13)12(9-11)6-3-4-8-14-12/h10H,3-9,13H2,1-2H3. The highest BCUT2D eigenvalue weighted by molar-refractivity contribution is 5.01. The van der Waals surface area contributed by atoms with Gasteiger partial charge in [-0.25, -0.2) is 0 Å². The second-order valence-electron chi connectivity index (χ2n) is 5.86. The summed E-state index contributed by atoms with van der Waals surface area (Å²) in [6.07, 6.45) is 7.23. The Labute approximate surface area is 87.2 Å². The molecule has 2 aliphatic rings. The van der Waals surface area contributed by atoms with Crippen molar-refractivity contribution in [1.29, 1.82) is 0 Å². The van der Waals surface area contributed by atoms with Gasteiger partial charge in [-0.15, -0.1) is 0 Å². The van der Waals surface area contributed by atoms with Gasteiger partial charge in [-0.3, -0.25) is 0 Å². The zero-order chi connectivity index (χ0) is 10.2. The Morgan fingerprint density at radius 2 is 2.00 bits per heavy atom. The number of rotatable bonds is 0. The van der Waals surface area contributed by atoms with Crippen LogP contribution in [0.5, 0.6) is 0 Å². The molecule has 0 aromatic heterocycles. The fraction of sp³-hybridized carbons (Fsp3) is 1.00. The summed E-state index contributed by atoms with van der Waals surface area (Å²) in [4.78, 5) is 0. The maximum absolute atomic E-state index is 6.24. The number of hydrogen-bond donors (Lipinski definition) is 1. The van der Waals surface area contributed by atoms with Crippen LogP contribution in [0.1, 0.15) is 52.4 Å². The smallest absolute Gasteiger partial charge is 0.0837 e. The lowest BCUT2D eigenvalue weighted by atomic mass is 9.65. The summed E-state index contributed by atoms with van der Waals surface area (Å²) >= 11 is 0. The lowest BCUT2D eigenvalue weighted by molar-refractivity contribution is -0.135. The van der Waals surface area contributed by atoms with Gasteiger partial charge < -0.3 is 10.5 Å². The van der Waals surface area contributed by atoms with Crippen molar-refractivity contribution in [2.45, 2.75) is 64.0 Å². The Bertz CT molecular complexity index is 206. The van der Waals surface area contributed by atoms with Gasteiger partial charge in [0.05, 0.1) is 5.60 Å². The van der Waals surface area contributed by atoms with Crippen molar-refractivity contribution in [1.82, 2.24) is 0 Å². The fourth-order valence-electron chi connectivity index (χ4n) is 3.14. The molecular weight excluding hydrogens is 174 g/mol. The van der Waals surface area contributed by atoms with Gasteiger partial charge in [0.25, 0.3) is 0 Å². The van der Waals surface area contributed by atoms with E-state index in [1.54, 1.807) is 0 Å². The molecule has 2 atom stereocenters. The van der Waals surface area contributed by atoms with Crippen molar-refractivity contribution < 1.29 is 4.74 Å². The van der Waals surface area contributed by atoms with Crippen molar-refractivity contribution in [3.8, 4) is 0 Å². The lowest BCUT2D eigenvalue weighted by Gasteiger charge is -2.50. The van der Waals surface area contributed by atoms with Crippen molar-refractivity contribution in [3.05, 3.63) is 0 Å². The van der Waals surface area contributed by atoms with E-state index < -0.39 is 0 Å². The molecule has 1 spiro atoms. The molecule has 2 rings (SSSR count). The minimum Gasteiger partial charge on any atom is -0.373 e. The molecule has 82 valence electrons. The molecular formula is C12H23NO. The van der Waals surface area contributed by atoms with E-state index >= 15 is 0 Å². The van der Waals surface area contributed by atoms with E-state index in [4.69, 9.17) is 10.5 Å². The van der Waals surface area contributed by atoms with Crippen molar-refractivity contribution >= 4 is 0 Å². The molecule has 1 aliphatic carbocycles. The monoisotopic (exact) mass is 197 g/mol. The highest BCUT2D eigenvalue weighted by atomic mass is 16.5. The maximum atomic E-state index is 6.24. The van der Waals surface area contributed by atoms with E-state index in [0.717, 1.165) is 19.4 Å². The third kappa shape index (κ3) is 1.82. The number of ether oxygens (including phenoxy) is 1. The Kier molecular flexibility index (Phi) is 2.61. The molecule has 2 unspecified atom stereocenters.